The Kier molecular flexibility index (Phi) is 3.89. The van der Waals surface area contributed by atoms with E-state index in [4.69, 9.17) is 10.5 Å². The maximum atomic E-state index is 12.1. The second-order valence-electron chi connectivity index (χ2n) is 4.99. The van der Waals surface area contributed by atoms with Crippen LogP contribution in [0.1, 0.15) is 54.7 Å². The summed E-state index contributed by atoms with van der Waals surface area (Å²) in [6.07, 6.45) is 6.71. The van der Waals surface area contributed by atoms with E-state index >= 15 is 0 Å². The molecule has 2 N–H and O–H groups in total. The SMILES string of the molecule is Cc1nn(C)c(C(=O)OC2CCCCCC2)c1N. The summed E-state index contributed by atoms with van der Waals surface area (Å²) in [5, 5.41) is 4.13. The van der Waals surface area contributed by atoms with Gasteiger partial charge in [-0.2, -0.15) is 5.10 Å². The minimum atomic E-state index is -0.345. The number of rotatable bonds is 2. The number of nitrogens with zero attached hydrogens (tertiary/aromatic N) is 2. The first kappa shape index (κ1) is 12.9. The van der Waals surface area contributed by atoms with Gasteiger partial charge in [0.15, 0.2) is 5.69 Å². The maximum absolute atomic E-state index is 12.1. The van der Waals surface area contributed by atoms with E-state index in [0.29, 0.717) is 17.1 Å². The molecule has 0 bridgehead atoms. The Balaban J connectivity index is 2.06. The van der Waals surface area contributed by atoms with Crippen molar-refractivity contribution in [2.45, 2.75) is 51.6 Å². The summed E-state index contributed by atoms with van der Waals surface area (Å²) in [5.74, 6) is -0.345. The van der Waals surface area contributed by atoms with E-state index in [2.05, 4.69) is 5.10 Å². The van der Waals surface area contributed by atoms with Crippen molar-refractivity contribution < 1.29 is 9.53 Å². The maximum Gasteiger partial charge on any atom is 0.359 e. The summed E-state index contributed by atoms with van der Waals surface area (Å²) in [4.78, 5) is 12.1. The predicted molar refractivity (Wildman–Crippen MR) is 69.3 cm³/mol. The number of aryl methyl sites for hydroxylation is 2. The number of aromatic nitrogens is 2. The van der Waals surface area contributed by atoms with Gasteiger partial charge in [-0.05, 0) is 32.6 Å². The lowest BCUT2D eigenvalue weighted by Crippen LogP contribution is -2.20. The Morgan fingerprint density at radius 2 is 1.94 bits per heavy atom. The minimum Gasteiger partial charge on any atom is -0.458 e. The molecular weight excluding hydrogens is 230 g/mol. The van der Waals surface area contributed by atoms with Gasteiger partial charge in [-0.15, -0.1) is 0 Å². The van der Waals surface area contributed by atoms with Gasteiger partial charge in [0, 0.05) is 7.05 Å². The zero-order valence-electron chi connectivity index (χ0n) is 11.1. The Bertz CT molecular complexity index is 432. The number of nitrogen functional groups attached to an aromatic ring is 1. The van der Waals surface area contributed by atoms with Crippen LogP contribution in [-0.4, -0.2) is 21.9 Å². The molecule has 1 aliphatic rings. The van der Waals surface area contributed by atoms with Crippen molar-refractivity contribution in [1.29, 1.82) is 0 Å². The fourth-order valence-corrected chi connectivity index (χ4v) is 2.48. The number of anilines is 1. The van der Waals surface area contributed by atoms with E-state index in [1.807, 2.05) is 0 Å². The fourth-order valence-electron chi connectivity index (χ4n) is 2.48. The third-order valence-electron chi connectivity index (χ3n) is 3.54. The first-order valence-electron chi connectivity index (χ1n) is 6.59. The average Bonchev–Trinajstić information content (AvgIpc) is 2.52. The minimum absolute atomic E-state index is 0.0367. The van der Waals surface area contributed by atoms with Crippen molar-refractivity contribution in [3.8, 4) is 0 Å². The molecule has 5 heteroatoms. The normalized spacial score (nSPS) is 17.4. The standard InChI is InChI=1S/C13H21N3O2/c1-9-11(14)12(16(2)15-9)13(17)18-10-7-5-3-4-6-8-10/h10H,3-8,14H2,1-2H3. The zero-order chi connectivity index (χ0) is 13.1. The van der Waals surface area contributed by atoms with Gasteiger partial charge in [0.1, 0.15) is 6.10 Å². The van der Waals surface area contributed by atoms with E-state index < -0.39 is 0 Å². The quantitative estimate of drug-likeness (QED) is 0.646. The summed E-state index contributed by atoms with van der Waals surface area (Å²) in [5.41, 5.74) is 7.33. The smallest absolute Gasteiger partial charge is 0.359 e. The third kappa shape index (κ3) is 2.66. The van der Waals surface area contributed by atoms with Crippen molar-refractivity contribution in [3.63, 3.8) is 0 Å². The third-order valence-corrected chi connectivity index (χ3v) is 3.54. The molecule has 0 aliphatic heterocycles. The van der Waals surface area contributed by atoms with Gasteiger partial charge in [-0.1, -0.05) is 12.8 Å². The zero-order valence-corrected chi connectivity index (χ0v) is 11.1. The fraction of sp³-hybridized carbons (Fsp3) is 0.692. The van der Waals surface area contributed by atoms with Crippen molar-refractivity contribution in [3.05, 3.63) is 11.4 Å². The van der Waals surface area contributed by atoms with Gasteiger partial charge in [0.25, 0.3) is 0 Å². The molecule has 1 heterocycles. The summed E-state index contributed by atoms with van der Waals surface area (Å²) >= 11 is 0. The second-order valence-corrected chi connectivity index (χ2v) is 4.99. The van der Waals surface area contributed by atoms with Crippen LogP contribution in [0.4, 0.5) is 5.69 Å². The number of carbonyl (C=O) groups excluding carboxylic acids is 1. The van der Waals surface area contributed by atoms with Crippen molar-refractivity contribution >= 4 is 11.7 Å². The lowest BCUT2D eigenvalue weighted by atomic mass is 10.1. The Morgan fingerprint density at radius 1 is 1.33 bits per heavy atom. The largest absolute Gasteiger partial charge is 0.458 e. The summed E-state index contributed by atoms with van der Waals surface area (Å²) in [7, 11) is 1.72. The Morgan fingerprint density at radius 3 is 2.44 bits per heavy atom. The number of ether oxygens (including phenoxy) is 1. The molecule has 0 atom stereocenters. The van der Waals surface area contributed by atoms with Crippen LogP contribution >= 0.6 is 0 Å². The van der Waals surface area contributed by atoms with Gasteiger partial charge in [-0.3, -0.25) is 4.68 Å². The highest BCUT2D eigenvalue weighted by atomic mass is 16.5. The Hall–Kier alpha value is -1.52. The van der Waals surface area contributed by atoms with Crippen molar-refractivity contribution in [2.24, 2.45) is 7.05 Å². The van der Waals surface area contributed by atoms with Crippen LogP contribution in [-0.2, 0) is 11.8 Å². The number of hydrogen-bond acceptors (Lipinski definition) is 4. The molecule has 18 heavy (non-hydrogen) atoms. The molecule has 0 unspecified atom stereocenters. The van der Waals surface area contributed by atoms with E-state index in [-0.39, 0.29) is 12.1 Å². The van der Waals surface area contributed by atoms with Crippen molar-refractivity contribution in [1.82, 2.24) is 9.78 Å². The number of hydrogen-bond donors (Lipinski definition) is 1. The molecule has 5 nitrogen and oxygen atoms in total. The first-order valence-corrected chi connectivity index (χ1v) is 6.59. The van der Waals surface area contributed by atoms with Gasteiger partial charge in [0.2, 0.25) is 0 Å². The average molecular weight is 251 g/mol. The molecule has 1 saturated carbocycles. The molecule has 0 radical (unpaired) electrons. The predicted octanol–water partition coefficient (Wildman–Crippen LogP) is 2.19. The van der Waals surface area contributed by atoms with Crippen LogP contribution in [0, 0.1) is 6.92 Å². The summed E-state index contributed by atoms with van der Waals surface area (Å²) in [6.45, 7) is 1.79. The van der Waals surface area contributed by atoms with Crippen LogP contribution in [0.5, 0.6) is 0 Å². The molecule has 0 amide bonds. The summed E-state index contributed by atoms with van der Waals surface area (Å²) < 4.78 is 7.06. The number of carbonyl (C=O) groups is 1. The van der Waals surface area contributed by atoms with Gasteiger partial charge >= 0.3 is 5.97 Å². The topological polar surface area (TPSA) is 70.1 Å². The van der Waals surface area contributed by atoms with Crippen LogP contribution in [0.3, 0.4) is 0 Å². The monoisotopic (exact) mass is 251 g/mol. The highest BCUT2D eigenvalue weighted by Gasteiger charge is 2.23. The van der Waals surface area contributed by atoms with E-state index in [1.54, 1.807) is 14.0 Å². The molecule has 0 spiro atoms. The van der Waals surface area contributed by atoms with Crippen LogP contribution in [0.2, 0.25) is 0 Å². The molecule has 2 rings (SSSR count). The molecule has 0 saturated heterocycles. The van der Waals surface area contributed by atoms with E-state index in [9.17, 15) is 4.79 Å². The number of esters is 1. The molecular formula is C13H21N3O2. The van der Waals surface area contributed by atoms with Gasteiger partial charge in [0.05, 0.1) is 11.4 Å². The summed E-state index contributed by atoms with van der Waals surface area (Å²) in [6, 6.07) is 0. The molecule has 100 valence electrons. The lowest BCUT2D eigenvalue weighted by Gasteiger charge is -2.15. The van der Waals surface area contributed by atoms with Crippen molar-refractivity contribution in [2.75, 3.05) is 5.73 Å². The molecule has 1 aliphatic carbocycles. The van der Waals surface area contributed by atoms with Gasteiger partial charge < -0.3 is 10.5 Å². The first-order chi connectivity index (χ1) is 8.59. The van der Waals surface area contributed by atoms with E-state index in [1.165, 1.54) is 17.5 Å². The van der Waals surface area contributed by atoms with Crippen LogP contribution < -0.4 is 5.73 Å². The Labute approximate surface area is 107 Å². The number of nitrogens with two attached hydrogens (primary N) is 1. The second kappa shape index (κ2) is 5.42. The van der Waals surface area contributed by atoms with Gasteiger partial charge in [-0.25, -0.2) is 4.79 Å². The molecule has 1 aromatic heterocycles. The van der Waals surface area contributed by atoms with Crippen LogP contribution in [0.25, 0.3) is 0 Å². The molecule has 0 aromatic carbocycles. The van der Waals surface area contributed by atoms with E-state index in [0.717, 1.165) is 25.7 Å². The molecule has 1 aromatic rings. The highest BCUT2D eigenvalue weighted by Crippen LogP contribution is 2.23. The lowest BCUT2D eigenvalue weighted by molar-refractivity contribution is 0.0256. The van der Waals surface area contributed by atoms with Crippen LogP contribution in [0.15, 0.2) is 0 Å². The molecule has 1 fully saturated rings. The highest BCUT2D eigenvalue weighted by molar-refractivity contribution is 5.93.